The first-order valence-electron chi connectivity index (χ1n) is 11.4. The highest BCUT2D eigenvalue weighted by atomic mass is 16.5. The zero-order chi connectivity index (χ0) is 24.0. The molecule has 2 aromatic rings. The molecular formula is C26H32N2O5. The van der Waals surface area contributed by atoms with E-state index in [0.29, 0.717) is 12.8 Å². The summed E-state index contributed by atoms with van der Waals surface area (Å²) in [5, 5.41) is 14.5. The Labute approximate surface area is 194 Å². The van der Waals surface area contributed by atoms with Crippen LogP contribution in [0.4, 0.5) is 4.79 Å². The number of carboxylic acids is 1. The van der Waals surface area contributed by atoms with Gasteiger partial charge in [0.1, 0.15) is 12.6 Å². The van der Waals surface area contributed by atoms with Crippen LogP contribution < -0.4 is 10.6 Å². The fraction of sp³-hybridized carbons (Fsp3) is 0.423. The van der Waals surface area contributed by atoms with Crippen LogP contribution in [0.2, 0.25) is 0 Å². The van der Waals surface area contributed by atoms with Crippen molar-refractivity contribution in [1.29, 1.82) is 0 Å². The number of carbonyl (C=O) groups excluding carboxylic acids is 2. The van der Waals surface area contributed by atoms with Crippen LogP contribution in [0.3, 0.4) is 0 Å². The quantitative estimate of drug-likeness (QED) is 0.498. The van der Waals surface area contributed by atoms with Gasteiger partial charge in [0.05, 0.1) is 6.42 Å². The monoisotopic (exact) mass is 452 g/mol. The summed E-state index contributed by atoms with van der Waals surface area (Å²) in [4.78, 5) is 36.4. The zero-order valence-corrected chi connectivity index (χ0v) is 19.3. The normalized spacial score (nSPS) is 14.2. The van der Waals surface area contributed by atoms with Gasteiger partial charge in [0, 0.05) is 12.0 Å². The van der Waals surface area contributed by atoms with Gasteiger partial charge >= 0.3 is 12.1 Å². The van der Waals surface area contributed by atoms with E-state index < -0.39 is 30.1 Å². The summed E-state index contributed by atoms with van der Waals surface area (Å²) in [6, 6.07) is 14.9. The molecule has 0 saturated carbocycles. The Bertz CT molecular complexity index is 958. The lowest BCUT2D eigenvalue weighted by atomic mass is 9.98. The Hall–Kier alpha value is -3.35. The summed E-state index contributed by atoms with van der Waals surface area (Å²) < 4.78 is 5.57. The maximum absolute atomic E-state index is 12.8. The maximum atomic E-state index is 12.8. The molecule has 0 aliphatic heterocycles. The number of rotatable bonds is 10. The molecule has 0 bridgehead atoms. The lowest BCUT2D eigenvalue weighted by Gasteiger charge is -2.23. The van der Waals surface area contributed by atoms with Gasteiger partial charge in [0.25, 0.3) is 0 Å². The molecule has 33 heavy (non-hydrogen) atoms. The first kappa shape index (κ1) is 24.3. The van der Waals surface area contributed by atoms with Gasteiger partial charge in [-0.15, -0.1) is 0 Å². The highest BCUT2D eigenvalue weighted by molar-refractivity contribution is 5.86. The molecule has 1 aliphatic carbocycles. The zero-order valence-electron chi connectivity index (χ0n) is 19.3. The topological polar surface area (TPSA) is 105 Å². The second kappa shape index (κ2) is 11.0. The summed E-state index contributed by atoms with van der Waals surface area (Å²) in [5.74, 6) is -1.30. The van der Waals surface area contributed by atoms with Crippen LogP contribution in [0.1, 0.15) is 57.1 Å². The molecular weight excluding hydrogens is 420 g/mol. The van der Waals surface area contributed by atoms with Crippen molar-refractivity contribution in [2.24, 2.45) is 5.92 Å². The summed E-state index contributed by atoms with van der Waals surface area (Å²) in [7, 11) is 0. The van der Waals surface area contributed by atoms with Crippen molar-refractivity contribution < 1.29 is 24.2 Å². The van der Waals surface area contributed by atoms with E-state index >= 15 is 0 Å². The van der Waals surface area contributed by atoms with Crippen LogP contribution in [0.25, 0.3) is 11.1 Å². The summed E-state index contributed by atoms with van der Waals surface area (Å²) in [5.41, 5.74) is 4.51. The first-order valence-corrected chi connectivity index (χ1v) is 11.4. The van der Waals surface area contributed by atoms with Crippen LogP contribution in [-0.2, 0) is 14.3 Å². The van der Waals surface area contributed by atoms with Crippen molar-refractivity contribution in [2.45, 2.75) is 58.0 Å². The fourth-order valence-electron chi connectivity index (χ4n) is 4.30. The highest BCUT2D eigenvalue weighted by Gasteiger charge is 2.30. The van der Waals surface area contributed by atoms with Crippen LogP contribution in [0.5, 0.6) is 0 Å². The molecule has 0 heterocycles. The van der Waals surface area contributed by atoms with Crippen LogP contribution in [0, 0.1) is 5.92 Å². The predicted octanol–water partition coefficient (Wildman–Crippen LogP) is 4.31. The van der Waals surface area contributed by atoms with Crippen molar-refractivity contribution >= 4 is 18.0 Å². The van der Waals surface area contributed by atoms with Crippen molar-refractivity contribution in [1.82, 2.24) is 10.6 Å². The van der Waals surface area contributed by atoms with Gasteiger partial charge in [0.15, 0.2) is 0 Å². The predicted molar refractivity (Wildman–Crippen MR) is 126 cm³/mol. The van der Waals surface area contributed by atoms with Crippen molar-refractivity contribution in [2.75, 3.05) is 6.61 Å². The Morgan fingerprint density at radius 3 is 2.06 bits per heavy atom. The molecule has 0 unspecified atom stereocenters. The van der Waals surface area contributed by atoms with E-state index in [1.807, 2.05) is 57.2 Å². The van der Waals surface area contributed by atoms with Crippen LogP contribution >= 0.6 is 0 Å². The standard InChI is InChI=1S/C26H32N2O5/c1-4-17(14-24(29)30)27-25(31)23(13-16(2)3)28-26(32)33-15-22-20-11-7-5-9-18(20)19-10-6-8-12-21(19)22/h5-12,16-17,22-23H,4,13-15H2,1-3H3,(H,27,31)(H,28,32)(H,29,30)/t17-,23+/m0/s1. The number of amides is 2. The molecule has 2 amide bonds. The number of carboxylic acid groups (broad SMARTS) is 1. The van der Waals surface area contributed by atoms with E-state index in [0.717, 1.165) is 22.3 Å². The van der Waals surface area contributed by atoms with E-state index in [9.17, 15) is 14.4 Å². The SMILES string of the molecule is CC[C@@H](CC(=O)O)NC(=O)[C@@H](CC(C)C)NC(=O)OCC1c2ccccc2-c2ccccc21. The van der Waals surface area contributed by atoms with Gasteiger partial charge < -0.3 is 20.5 Å². The van der Waals surface area contributed by atoms with Gasteiger partial charge in [-0.2, -0.15) is 0 Å². The second-order valence-electron chi connectivity index (χ2n) is 8.86. The van der Waals surface area contributed by atoms with E-state index in [4.69, 9.17) is 9.84 Å². The third-order valence-electron chi connectivity index (χ3n) is 5.92. The lowest BCUT2D eigenvalue weighted by Crippen LogP contribution is -2.50. The highest BCUT2D eigenvalue weighted by Crippen LogP contribution is 2.44. The first-order chi connectivity index (χ1) is 15.8. The Kier molecular flexibility index (Phi) is 8.09. The number of aliphatic carboxylic acids is 1. The van der Waals surface area contributed by atoms with Gasteiger partial charge in [-0.05, 0) is 41.0 Å². The smallest absolute Gasteiger partial charge is 0.407 e. The molecule has 3 N–H and O–H groups in total. The van der Waals surface area contributed by atoms with Gasteiger partial charge in [-0.3, -0.25) is 9.59 Å². The summed E-state index contributed by atoms with van der Waals surface area (Å²) in [6.07, 6.45) is 0.0716. The average molecular weight is 453 g/mol. The molecule has 2 aromatic carbocycles. The molecule has 176 valence electrons. The Morgan fingerprint density at radius 2 is 1.55 bits per heavy atom. The van der Waals surface area contributed by atoms with Gasteiger partial charge in [0.2, 0.25) is 5.91 Å². The number of hydrogen-bond donors (Lipinski definition) is 3. The number of ether oxygens (including phenoxy) is 1. The molecule has 3 rings (SSSR count). The van der Waals surface area contributed by atoms with E-state index in [2.05, 4.69) is 22.8 Å². The third kappa shape index (κ3) is 6.12. The van der Waals surface area contributed by atoms with Crippen molar-refractivity contribution in [3.63, 3.8) is 0 Å². The summed E-state index contributed by atoms with van der Waals surface area (Å²) in [6.45, 7) is 5.87. The molecule has 0 aromatic heterocycles. The largest absolute Gasteiger partial charge is 0.481 e. The van der Waals surface area contributed by atoms with Crippen LogP contribution in [0.15, 0.2) is 48.5 Å². The molecule has 2 atom stereocenters. The minimum Gasteiger partial charge on any atom is -0.481 e. The number of nitrogens with one attached hydrogen (secondary N) is 2. The number of fused-ring (bicyclic) bond motifs is 3. The summed E-state index contributed by atoms with van der Waals surface area (Å²) >= 11 is 0. The Balaban J connectivity index is 1.65. The second-order valence-corrected chi connectivity index (χ2v) is 8.86. The van der Waals surface area contributed by atoms with Gasteiger partial charge in [-0.1, -0.05) is 69.3 Å². The van der Waals surface area contributed by atoms with E-state index in [1.54, 1.807) is 0 Å². The Morgan fingerprint density at radius 1 is 0.970 bits per heavy atom. The molecule has 7 nitrogen and oxygen atoms in total. The molecule has 7 heteroatoms. The molecule has 0 saturated heterocycles. The molecule has 1 aliphatic rings. The minimum atomic E-state index is -0.980. The van der Waals surface area contributed by atoms with Gasteiger partial charge in [-0.25, -0.2) is 4.79 Å². The van der Waals surface area contributed by atoms with Crippen molar-refractivity contribution in [3.8, 4) is 11.1 Å². The van der Waals surface area contributed by atoms with E-state index in [1.165, 1.54) is 0 Å². The van der Waals surface area contributed by atoms with Crippen LogP contribution in [-0.4, -0.2) is 41.8 Å². The number of benzene rings is 2. The van der Waals surface area contributed by atoms with E-state index in [-0.39, 0.29) is 24.9 Å². The van der Waals surface area contributed by atoms with Crippen molar-refractivity contribution in [3.05, 3.63) is 59.7 Å². The molecule has 0 spiro atoms. The number of carbonyl (C=O) groups is 3. The fourth-order valence-corrected chi connectivity index (χ4v) is 4.30. The number of hydrogen-bond acceptors (Lipinski definition) is 4. The molecule has 0 radical (unpaired) electrons. The average Bonchev–Trinajstić information content (AvgIpc) is 3.10. The molecule has 0 fully saturated rings. The third-order valence-corrected chi connectivity index (χ3v) is 5.92. The maximum Gasteiger partial charge on any atom is 0.407 e. The number of alkyl carbamates (subject to hydrolysis) is 1. The minimum absolute atomic E-state index is 0.0689. The lowest BCUT2D eigenvalue weighted by molar-refractivity contribution is -0.137.